The molecule has 1 fully saturated rings. The average Bonchev–Trinajstić information content (AvgIpc) is 2.03. The minimum absolute atomic E-state index is 0.247. The van der Waals surface area contributed by atoms with Crippen molar-refractivity contribution in [3.05, 3.63) is 0 Å². The van der Waals surface area contributed by atoms with Crippen LogP contribution in [0.4, 0.5) is 0 Å². The topological polar surface area (TPSA) is 35.5 Å². The van der Waals surface area contributed by atoms with Crippen LogP contribution in [-0.2, 0) is 0 Å². The molecular weight excluding hydrogens is 164 g/mol. The van der Waals surface area contributed by atoms with E-state index >= 15 is 0 Å². The fourth-order valence-corrected chi connectivity index (χ4v) is 2.20. The largest absolute Gasteiger partial charge is 0.392 e. The van der Waals surface area contributed by atoms with Crippen molar-refractivity contribution in [2.45, 2.75) is 51.9 Å². The van der Waals surface area contributed by atoms with Gasteiger partial charge in [-0.2, -0.15) is 0 Å². The van der Waals surface area contributed by atoms with Crippen LogP contribution in [0.2, 0.25) is 0 Å². The molecule has 0 spiro atoms. The molecule has 3 heteroatoms. The Morgan fingerprint density at radius 3 is 2.08 bits per heavy atom. The van der Waals surface area contributed by atoms with Gasteiger partial charge in [-0.15, -0.1) is 0 Å². The summed E-state index contributed by atoms with van der Waals surface area (Å²) in [6.45, 7) is 10.4. The summed E-state index contributed by atoms with van der Waals surface area (Å²) < 4.78 is 0. The van der Waals surface area contributed by atoms with Crippen LogP contribution in [0.3, 0.4) is 0 Å². The maximum Gasteiger partial charge on any atom is 0.0664 e. The van der Waals surface area contributed by atoms with Crippen molar-refractivity contribution in [3.63, 3.8) is 0 Å². The highest BCUT2D eigenvalue weighted by Crippen LogP contribution is 2.15. The van der Waals surface area contributed by atoms with Crippen molar-refractivity contribution >= 4 is 0 Å². The molecule has 0 aromatic heterocycles. The van der Waals surface area contributed by atoms with Gasteiger partial charge in [0.1, 0.15) is 0 Å². The van der Waals surface area contributed by atoms with Crippen molar-refractivity contribution in [1.29, 1.82) is 0 Å². The number of aliphatic hydroxyl groups excluding tert-OH is 1. The van der Waals surface area contributed by atoms with E-state index in [4.69, 9.17) is 0 Å². The van der Waals surface area contributed by atoms with Crippen LogP contribution in [0.15, 0.2) is 0 Å². The van der Waals surface area contributed by atoms with E-state index < -0.39 is 0 Å². The second kappa shape index (κ2) is 4.40. The van der Waals surface area contributed by atoms with Crippen LogP contribution in [-0.4, -0.2) is 47.3 Å². The molecule has 13 heavy (non-hydrogen) atoms. The Labute approximate surface area is 81.1 Å². The average molecular weight is 186 g/mol. The number of hydrogen-bond donors (Lipinski definition) is 2. The maximum absolute atomic E-state index is 9.55. The first kappa shape index (κ1) is 11.0. The first-order valence-electron chi connectivity index (χ1n) is 5.20. The molecule has 4 unspecified atom stereocenters. The molecule has 78 valence electrons. The van der Waals surface area contributed by atoms with E-state index in [0.29, 0.717) is 12.1 Å². The molecule has 1 rings (SSSR count). The number of rotatable bonds is 2. The third-order valence-corrected chi connectivity index (χ3v) is 3.07. The fraction of sp³-hybridized carbons (Fsp3) is 1.00. The lowest BCUT2D eigenvalue weighted by molar-refractivity contribution is 0.00749. The van der Waals surface area contributed by atoms with Gasteiger partial charge in [0.05, 0.1) is 6.10 Å². The van der Waals surface area contributed by atoms with Crippen molar-refractivity contribution in [3.8, 4) is 0 Å². The third-order valence-electron chi connectivity index (χ3n) is 3.07. The highest BCUT2D eigenvalue weighted by molar-refractivity contribution is 4.87. The Bertz CT molecular complexity index is 151. The molecule has 0 aromatic rings. The Morgan fingerprint density at radius 1 is 1.23 bits per heavy atom. The van der Waals surface area contributed by atoms with Gasteiger partial charge < -0.3 is 10.4 Å². The Kier molecular flexibility index (Phi) is 3.71. The molecule has 1 aliphatic rings. The molecule has 1 aliphatic heterocycles. The molecular formula is C10H22N2O. The third kappa shape index (κ3) is 2.42. The van der Waals surface area contributed by atoms with Crippen LogP contribution in [0.25, 0.3) is 0 Å². The van der Waals surface area contributed by atoms with Gasteiger partial charge in [0.15, 0.2) is 0 Å². The van der Waals surface area contributed by atoms with Crippen molar-refractivity contribution in [2.75, 3.05) is 13.1 Å². The van der Waals surface area contributed by atoms with Gasteiger partial charge in [0.25, 0.3) is 0 Å². The van der Waals surface area contributed by atoms with Gasteiger partial charge in [-0.1, -0.05) is 0 Å². The maximum atomic E-state index is 9.55. The summed E-state index contributed by atoms with van der Waals surface area (Å²) in [5, 5.41) is 12.9. The van der Waals surface area contributed by atoms with Gasteiger partial charge in [-0.25, -0.2) is 0 Å². The summed E-state index contributed by atoms with van der Waals surface area (Å²) >= 11 is 0. The predicted molar refractivity (Wildman–Crippen MR) is 54.8 cm³/mol. The quantitative estimate of drug-likeness (QED) is 0.657. The predicted octanol–water partition coefficient (Wildman–Crippen LogP) is 0.438. The Balaban J connectivity index is 2.62. The van der Waals surface area contributed by atoms with Gasteiger partial charge >= 0.3 is 0 Å². The van der Waals surface area contributed by atoms with Crippen molar-refractivity contribution < 1.29 is 5.11 Å². The normalized spacial score (nSPS) is 35.8. The highest BCUT2D eigenvalue weighted by Gasteiger charge is 2.30. The van der Waals surface area contributed by atoms with E-state index in [9.17, 15) is 5.11 Å². The van der Waals surface area contributed by atoms with Crippen LogP contribution in [0, 0.1) is 0 Å². The van der Waals surface area contributed by atoms with E-state index in [1.54, 1.807) is 0 Å². The number of aliphatic hydroxyl groups is 1. The molecule has 0 radical (unpaired) electrons. The SMILES string of the molecule is CC(O)C(C)N1C(C)CNCC1C. The molecule has 0 aromatic carbocycles. The first-order chi connectivity index (χ1) is 6.04. The zero-order valence-electron chi connectivity index (χ0n) is 9.12. The van der Waals surface area contributed by atoms with E-state index in [0.717, 1.165) is 13.1 Å². The lowest BCUT2D eigenvalue weighted by atomic mass is 10.0. The zero-order valence-corrected chi connectivity index (χ0v) is 9.12. The summed E-state index contributed by atoms with van der Waals surface area (Å²) in [6.07, 6.45) is -0.247. The molecule has 0 amide bonds. The molecule has 1 heterocycles. The lowest BCUT2D eigenvalue weighted by Crippen LogP contribution is -2.60. The number of piperazine rings is 1. The molecule has 2 N–H and O–H groups in total. The zero-order chi connectivity index (χ0) is 10.0. The summed E-state index contributed by atoms with van der Waals surface area (Å²) in [6, 6.07) is 1.30. The minimum atomic E-state index is -0.247. The summed E-state index contributed by atoms with van der Waals surface area (Å²) in [4.78, 5) is 2.40. The fourth-order valence-electron chi connectivity index (χ4n) is 2.20. The van der Waals surface area contributed by atoms with E-state index in [1.807, 2.05) is 6.92 Å². The van der Waals surface area contributed by atoms with Crippen LogP contribution in [0.1, 0.15) is 27.7 Å². The Hall–Kier alpha value is -0.120. The summed E-state index contributed by atoms with van der Waals surface area (Å²) in [5.74, 6) is 0. The summed E-state index contributed by atoms with van der Waals surface area (Å²) in [7, 11) is 0. The second-order valence-corrected chi connectivity index (χ2v) is 4.28. The Morgan fingerprint density at radius 2 is 1.69 bits per heavy atom. The lowest BCUT2D eigenvalue weighted by Gasteiger charge is -2.44. The van der Waals surface area contributed by atoms with Gasteiger partial charge in [0, 0.05) is 31.2 Å². The number of nitrogens with zero attached hydrogens (tertiary/aromatic N) is 1. The van der Waals surface area contributed by atoms with Gasteiger partial charge in [-0.05, 0) is 27.7 Å². The van der Waals surface area contributed by atoms with Crippen LogP contribution in [0.5, 0.6) is 0 Å². The molecule has 3 nitrogen and oxygen atoms in total. The van der Waals surface area contributed by atoms with E-state index in [2.05, 4.69) is 31.0 Å². The monoisotopic (exact) mass is 186 g/mol. The van der Waals surface area contributed by atoms with Crippen molar-refractivity contribution in [2.24, 2.45) is 0 Å². The molecule has 4 atom stereocenters. The van der Waals surface area contributed by atoms with Crippen molar-refractivity contribution in [1.82, 2.24) is 10.2 Å². The number of nitrogens with one attached hydrogen (secondary N) is 1. The molecule has 0 saturated carbocycles. The van der Waals surface area contributed by atoms with Crippen LogP contribution < -0.4 is 5.32 Å². The van der Waals surface area contributed by atoms with Crippen LogP contribution >= 0.6 is 0 Å². The summed E-state index contributed by atoms with van der Waals surface area (Å²) in [5.41, 5.74) is 0. The molecule has 0 bridgehead atoms. The minimum Gasteiger partial charge on any atom is -0.392 e. The van der Waals surface area contributed by atoms with Gasteiger partial charge in [-0.3, -0.25) is 4.90 Å². The number of hydrogen-bond acceptors (Lipinski definition) is 3. The highest BCUT2D eigenvalue weighted by atomic mass is 16.3. The molecule has 1 saturated heterocycles. The second-order valence-electron chi connectivity index (χ2n) is 4.28. The van der Waals surface area contributed by atoms with E-state index in [-0.39, 0.29) is 12.1 Å². The molecule has 0 aliphatic carbocycles. The van der Waals surface area contributed by atoms with Gasteiger partial charge in [0.2, 0.25) is 0 Å². The standard InChI is InChI=1S/C10H22N2O/c1-7-5-11-6-8(2)12(7)9(3)10(4)13/h7-11,13H,5-6H2,1-4H3. The smallest absolute Gasteiger partial charge is 0.0664 e. The first-order valence-corrected chi connectivity index (χ1v) is 5.20. The van der Waals surface area contributed by atoms with E-state index in [1.165, 1.54) is 0 Å².